The average molecular weight is 506 g/mol. The van der Waals surface area contributed by atoms with Crippen molar-refractivity contribution < 1.29 is 28.6 Å². The van der Waals surface area contributed by atoms with E-state index in [0.717, 1.165) is 4.68 Å². The third-order valence-corrected chi connectivity index (χ3v) is 6.08. The molecule has 0 aliphatic carbocycles. The summed E-state index contributed by atoms with van der Waals surface area (Å²) in [6.45, 7) is 6.02. The number of benzene rings is 2. The van der Waals surface area contributed by atoms with Gasteiger partial charge in [-0.2, -0.15) is 0 Å². The standard InChI is InChI=1S/C27H27N3O7/c1-16(31)27(25(35)37-26(2,3)4,11-12-30-24(34)19-7-5-6-8-20(19)28-29-30)15-21(33)23-13-17-9-10-18(32)14-22(17)36-23/h5-10,13-14,32H,11-12,15H2,1-4H3. The van der Waals surface area contributed by atoms with E-state index in [-0.39, 0.29) is 30.1 Å². The Morgan fingerprint density at radius 3 is 2.51 bits per heavy atom. The van der Waals surface area contributed by atoms with Crippen LogP contribution in [0.3, 0.4) is 0 Å². The smallest absolute Gasteiger partial charge is 0.320 e. The zero-order valence-corrected chi connectivity index (χ0v) is 21.0. The number of nitrogens with zero attached hydrogens (tertiary/aromatic N) is 3. The molecule has 0 saturated carbocycles. The molecule has 10 heteroatoms. The van der Waals surface area contributed by atoms with Gasteiger partial charge >= 0.3 is 5.97 Å². The van der Waals surface area contributed by atoms with Gasteiger partial charge < -0.3 is 14.3 Å². The highest BCUT2D eigenvalue weighted by Crippen LogP contribution is 2.35. The number of carbonyl (C=O) groups is 3. The van der Waals surface area contributed by atoms with E-state index in [1.54, 1.807) is 51.1 Å². The molecule has 1 atom stereocenters. The summed E-state index contributed by atoms with van der Waals surface area (Å²) in [4.78, 5) is 52.8. The first-order valence-corrected chi connectivity index (χ1v) is 11.7. The Labute approximate surface area is 211 Å². The van der Waals surface area contributed by atoms with Crippen LogP contribution in [0.5, 0.6) is 5.75 Å². The predicted octanol–water partition coefficient (Wildman–Crippen LogP) is 3.82. The third kappa shape index (κ3) is 5.28. The molecule has 1 N–H and O–H groups in total. The van der Waals surface area contributed by atoms with Gasteiger partial charge in [0, 0.05) is 24.4 Å². The first-order chi connectivity index (χ1) is 17.4. The first-order valence-electron chi connectivity index (χ1n) is 11.7. The number of ether oxygens (including phenoxy) is 1. The lowest BCUT2D eigenvalue weighted by Crippen LogP contribution is -2.45. The lowest BCUT2D eigenvalue weighted by atomic mass is 9.75. The summed E-state index contributed by atoms with van der Waals surface area (Å²) < 4.78 is 12.2. The predicted molar refractivity (Wildman–Crippen MR) is 134 cm³/mol. The van der Waals surface area contributed by atoms with Gasteiger partial charge in [-0.1, -0.05) is 17.3 Å². The number of furan rings is 1. The van der Waals surface area contributed by atoms with Crippen LogP contribution in [0.1, 0.15) is 51.1 Å². The minimum Gasteiger partial charge on any atom is -0.508 e. The van der Waals surface area contributed by atoms with Crippen LogP contribution in [0.15, 0.2) is 57.7 Å². The molecule has 2 heterocycles. The number of rotatable bonds is 8. The van der Waals surface area contributed by atoms with Crippen LogP contribution in [0.25, 0.3) is 21.9 Å². The minimum atomic E-state index is -1.90. The van der Waals surface area contributed by atoms with Crippen molar-refractivity contribution in [2.24, 2.45) is 5.41 Å². The van der Waals surface area contributed by atoms with E-state index in [2.05, 4.69) is 10.3 Å². The molecule has 0 aliphatic rings. The summed E-state index contributed by atoms with van der Waals surface area (Å²) in [6, 6.07) is 12.6. The lowest BCUT2D eigenvalue weighted by Gasteiger charge is -2.32. The number of aromatic nitrogens is 3. The van der Waals surface area contributed by atoms with Gasteiger partial charge in [0.05, 0.1) is 5.39 Å². The topological polar surface area (TPSA) is 142 Å². The summed E-state index contributed by atoms with van der Waals surface area (Å²) in [7, 11) is 0. The first kappa shape index (κ1) is 25.7. The SMILES string of the molecule is CC(=O)C(CCn1nnc2ccccc2c1=O)(CC(=O)c1cc2ccc(O)cc2o1)C(=O)OC(C)(C)C. The summed E-state index contributed by atoms with van der Waals surface area (Å²) in [6.07, 6.45) is -0.768. The van der Waals surface area contributed by atoms with Gasteiger partial charge in [-0.15, -0.1) is 5.10 Å². The number of ketones is 2. The fraction of sp³-hybridized carbons (Fsp3) is 0.333. The van der Waals surface area contributed by atoms with Crippen molar-refractivity contribution in [2.45, 2.75) is 52.7 Å². The second-order valence-electron chi connectivity index (χ2n) is 9.96. The van der Waals surface area contributed by atoms with Crippen LogP contribution >= 0.6 is 0 Å². The normalized spacial score (nSPS) is 13.4. The number of Topliss-reactive ketones (excluding diaryl/α,β-unsaturated/α-hetero) is 2. The Bertz CT molecular complexity index is 1580. The van der Waals surface area contributed by atoms with Crippen molar-refractivity contribution in [3.63, 3.8) is 0 Å². The lowest BCUT2D eigenvalue weighted by molar-refractivity contribution is -0.170. The highest BCUT2D eigenvalue weighted by molar-refractivity contribution is 6.09. The summed E-state index contributed by atoms with van der Waals surface area (Å²) >= 11 is 0. The van der Waals surface area contributed by atoms with Crippen LogP contribution in [-0.4, -0.2) is 43.2 Å². The zero-order chi connectivity index (χ0) is 27.0. The molecule has 4 rings (SSSR count). The van der Waals surface area contributed by atoms with Crippen LogP contribution in [0, 0.1) is 5.41 Å². The molecule has 192 valence electrons. The molecule has 0 aliphatic heterocycles. The Morgan fingerprint density at radius 1 is 1.08 bits per heavy atom. The van der Waals surface area contributed by atoms with Crippen LogP contribution in [0.2, 0.25) is 0 Å². The van der Waals surface area contributed by atoms with Crippen molar-refractivity contribution in [2.75, 3.05) is 0 Å². The monoisotopic (exact) mass is 505 g/mol. The molecule has 0 radical (unpaired) electrons. The maximum atomic E-state index is 13.4. The summed E-state index contributed by atoms with van der Waals surface area (Å²) in [5, 5.41) is 18.6. The molecule has 0 bridgehead atoms. The minimum absolute atomic E-state index is 0.0328. The Kier molecular flexibility index (Phi) is 6.68. The number of phenolic OH excluding ortho intramolecular Hbond substituents is 1. The molecule has 10 nitrogen and oxygen atoms in total. The maximum Gasteiger partial charge on any atom is 0.320 e. The molecule has 0 amide bonds. The highest BCUT2D eigenvalue weighted by Gasteiger charge is 2.48. The van der Waals surface area contributed by atoms with Gasteiger partial charge in [-0.05, 0) is 64.4 Å². The van der Waals surface area contributed by atoms with Gasteiger partial charge in [-0.3, -0.25) is 19.2 Å². The molecule has 0 spiro atoms. The van der Waals surface area contributed by atoms with Gasteiger partial charge in [-0.25, -0.2) is 4.68 Å². The van der Waals surface area contributed by atoms with E-state index >= 15 is 0 Å². The number of hydrogen-bond donors (Lipinski definition) is 1. The van der Waals surface area contributed by atoms with Crippen LogP contribution < -0.4 is 5.56 Å². The highest BCUT2D eigenvalue weighted by atomic mass is 16.6. The molecule has 4 aromatic rings. The summed E-state index contributed by atoms with van der Waals surface area (Å²) in [5.74, 6) is -2.18. The molecule has 37 heavy (non-hydrogen) atoms. The summed E-state index contributed by atoms with van der Waals surface area (Å²) in [5.41, 5.74) is -2.57. The Balaban J connectivity index is 1.71. The van der Waals surface area contributed by atoms with E-state index in [1.807, 2.05) is 0 Å². The molecule has 1 unspecified atom stereocenters. The van der Waals surface area contributed by atoms with Crippen molar-refractivity contribution in [1.82, 2.24) is 15.0 Å². The van der Waals surface area contributed by atoms with E-state index in [1.165, 1.54) is 25.1 Å². The number of hydrogen-bond acceptors (Lipinski definition) is 9. The maximum absolute atomic E-state index is 13.4. The number of esters is 1. The third-order valence-electron chi connectivity index (χ3n) is 6.08. The fourth-order valence-corrected chi connectivity index (χ4v) is 4.07. The van der Waals surface area contributed by atoms with Crippen LogP contribution in [0.4, 0.5) is 0 Å². The van der Waals surface area contributed by atoms with Crippen molar-refractivity contribution >= 4 is 39.4 Å². The van der Waals surface area contributed by atoms with E-state index in [4.69, 9.17) is 9.15 Å². The van der Waals surface area contributed by atoms with E-state index in [9.17, 15) is 24.3 Å². The molecule has 0 fully saturated rings. The molecule has 0 saturated heterocycles. The number of phenols is 1. The van der Waals surface area contributed by atoms with E-state index < -0.39 is 40.5 Å². The van der Waals surface area contributed by atoms with Gasteiger partial charge in [0.2, 0.25) is 0 Å². The fourth-order valence-electron chi connectivity index (χ4n) is 4.07. The van der Waals surface area contributed by atoms with Crippen molar-refractivity contribution in [3.05, 3.63) is 64.6 Å². The molecular formula is C27H27N3O7. The van der Waals surface area contributed by atoms with E-state index in [0.29, 0.717) is 16.3 Å². The van der Waals surface area contributed by atoms with Gasteiger partial charge in [0.1, 0.15) is 33.6 Å². The number of carbonyl (C=O) groups excluding carboxylic acids is 3. The van der Waals surface area contributed by atoms with Gasteiger partial charge in [0.25, 0.3) is 5.56 Å². The molecular weight excluding hydrogens is 478 g/mol. The Morgan fingerprint density at radius 2 is 1.81 bits per heavy atom. The van der Waals surface area contributed by atoms with Gasteiger partial charge in [0.15, 0.2) is 11.5 Å². The average Bonchev–Trinajstić information content (AvgIpc) is 3.25. The molecule has 2 aromatic heterocycles. The van der Waals surface area contributed by atoms with Crippen molar-refractivity contribution in [1.29, 1.82) is 0 Å². The largest absolute Gasteiger partial charge is 0.508 e. The number of aromatic hydroxyl groups is 1. The van der Waals surface area contributed by atoms with Crippen molar-refractivity contribution in [3.8, 4) is 5.75 Å². The second kappa shape index (κ2) is 9.61. The Hall–Kier alpha value is -4.34. The quantitative estimate of drug-likeness (QED) is 0.215. The number of fused-ring (bicyclic) bond motifs is 2. The van der Waals surface area contributed by atoms with Crippen LogP contribution in [-0.2, 0) is 20.9 Å². The number of aryl methyl sites for hydroxylation is 1. The second-order valence-corrected chi connectivity index (χ2v) is 9.96. The molecule has 2 aromatic carbocycles. The zero-order valence-electron chi connectivity index (χ0n) is 21.0.